The third kappa shape index (κ3) is 5.04. The van der Waals surface area contributed by atoms with Gasteiger partial charge >= 0.3 is 0 Å². The standard InChI is InChI=1S/C10H10N2S2.C7H6N2S2/c1-2-7-11-14-10-12-8-5-3-4-6-9(8)13-10;8-11-7-9-5-3-1-2-4-6(5)10-7/h2-6,11H,1,7H2;1-4H,8H2. The van der Waals surface area contributed by atoms with Crippen LogP contribution in [0.3, 0.4) is 0 Å². The average Bonchev–Trinajstić information content (AvgIpc) is 3.25. The largest absolute Gasteiger partial charge is 0.272 e. The normalized spacial score (nSPS) is 10.6. The second-order valence-electron chi connectivity index (χ2n) is 4.75. The van der Waals surface area contributed by atoms with E-state index in [0.717, 1.165) is 26.3 Å². The number of hydrogen-bond acceptors (Lipinski definition) is 8. The van der Waals surface area contributed by atoms with Gasteiger partial charge in [-0.25, -0.2) is 9.97 Å². The van der Waals surface area contributed by atoms with Crippen molar-refractivity contribution in [2.75, 3.05) is 6.54 Å². The molecule has 0 radical (unpaired) electrons. The lowest BCUT2D eigenvalue weighted by Crippen LogP contribution is -2.00. The van der Waals surface area contributed by atoms with Crippen molar-refractivity contribution in [3.63, 3.8) is 0 Å². The molecule has 2 aromatic heterocycles. The maximum atomic E-state index is 5.38. The Kier molecular flexibility index (Phi) is 6.85. The van der Waals surface area contributed by atoms with Crippen molar-refractivity contribution in [1.29, 1.82) is 0 Å². The summed E-state index contributed by atoms with van der Waals surface area (Å²) in [5.41, 5.74) is 2.10. The third-order valence-electron chi connectivity index (χ3n) is 3.04. The SMILES string of the molecule is C=CCNSc1nc2ccccc2s1.NSc1nc2ccccc2s1. The number of hydrogen-bond donors (Lipinski definition) is 2. The zero-order chi connectivity index (χ0) is 17.5. The van der Waals surface area contributed by atoms with E-state index in [0.29, 0.717) is 0 Å². The Labute approximate surface area is 162 Å². The zero-order valence-corrected chi connectivity index (χ0v) is 16.5. The molecule has 0 saturated carbocycles. The van der Waals surface area contributed by atoms with Gasteiger partial charge in [-0.2, -0.15) is 0 Å². The number of nitrogens with two attached hydrogens (primary N) is 1. The highest BCUT2D eigenvalue weighted by Crippen LogP contribution is 2.27. The van der Waals surface area contributed by atoms with Crippen molar-refractivity contribution in [1.82, 2.24) is 14.7 Å². The molecule has 4 nitrogen and oxygen atoms in total. The first kappa shape index (κ1) is 18.4. The minimum Gasteiger partial charge on any atom is -0.272 e. The van der Waals surface area contributed by atoms with Crippen molar-refractivity contribution in [3.05, 3.63) is 61.2 Å². The molecule has 0 fully saturated rings. The number of thiazole rings is 2. The van der Waals surface area contributed by atoms with E-state index in [4.69, 9.17) is 5.14 Å². The quantitative estimate of drug-likeness (QED) is 0.266. The van der Waals surface area contributed by atoms with Crippen LogP contribution in [-0.2, 0) is 0 Å². The average molecular weight is 405 g/mol. The second-order valence-corrected chi connectivity index (χ2v) is 8.83. The molecule has 0 aliphatic carbocycles. The molecule has 0 bridgehead atoms. The summed E-state index contributed by atoms with van der Waals surface area (Å²) in [5.74, 6) is 0. The number of nitrogens with one attached hydrogen (secondary N) is 1. The first-order valence-corrected chi connectivity index (χ1v) is 10.7. The first-order chi connectivity index (χ1) is 12.3. The van der Waals surface area contributed by atoms with Crippen molar-refractivity contribution in [2.24, 2.45) is 5.14 Å². The van der Waals surface area contributed by atoms with E-state index in [1.165, 1.54) is 21.3 Å². The fourth-order valence-electron chi connectivity index (χ4n) is 1.96. The summed E-state index contributed by atoms with van der Waals surface area (Å²) in [6, 6.07) is 16.2. The summed E-state index contributed by atoms with van der Waals surface area (Å²) in [6.07, 6.45) is 1.83. The van der Waals surface area contributed by atoms with Gasteiger partial charge < -0.3 is 0 Å². The molecule has 0 amide bonds. The molecule has 0 unspecified atom stereocenters. The molecular formula is C17H16N4S4. The fraction of sp³-hybridized carbons (Fsp3) is 0.0588. The van der Waals surface area contributed by atoms with Gasteiger partial charge in [0.05, 0.1) is 20.4 Å². The smallest absolute Gasteiger partial charge is 0.166 e. The van der Waals surface area contributed by atoms with Crippen molar-refractivity contribution in [3.8, 4) is 0 Å². The van der Waals surface area contributed by atoms with E-state index in [9.17, 15) is 0 Å². The van der Waals surface area contributed by atoms with Crippen LogP contribution in [0, 0.1) is 0 Å². The van der Waals surface area contributed by atoms with E-state index < -0.39 is 0 Å². The zero-order valence-electron chi connectivity index (χ0n) is 13.2. The van der Waals surface area contributed by atoms with E-state index >= 15 is 0 Å². The van der Waals surface area contributed by atoms with E-state index in [-0.39, 0.29) is 0 Å². The Morgan fingerprint density at radius 2 is 1.52 bits per heavy atom. The van der Waals surface area contributed by atoms with Gasteiger partial charge in [0, 0.05) is 6.54 Å². The number of para-hydroxylation sites is 2. The summed E-state index contributed by atoms with van der Waals surface area (Å²) < 4.78 is 7.56. The summed E-state index contributed by atoms with van der Waals surface area (Å²) >= 11 is 6.09. The Hall–Kier alpha value is -1.42. The van der Waals surface area contributed by atoms with E-state index in [1.807, 2.05) is 48.5 Å². The van der Waals surface area contributed by atoms with Crippen molar-refractivity contribution in [2.45, 2.75) is 8.68 Å². The number of aromatic nitrogens is 2. The summed E-state index contributed by atoms with van der Waals surface area (Å²) in [7, 11) is 0. The molecule has 0 saturated heterocycles. The number of rotatable bonds is 5. The lowest BCUT2D eigenvalue weighted by Gasteiger charge is -1.93. The topological polar surface area (TPSA) is 63.8 Å². The third-order valence-corrected chi connectivity index (χ3v) is 6.61. The molecule has 0 aliphatic heterocycles. The minimum absolute atomic E-state index is 0.792. The molecule has 0 atom stereocenters. The summed E-state index contributed by atoms with van der Waals surface area (Å²) in [6.45, 7) is 4.43. The summed E-state index contributed by atoms with van der Waals surface area (Å²) in [5, 5.41) is 5.38. The monoisotopic (exact) mass is 404 g/mol. The molecule has 3 N–H and O–H groups in total. The van der Waals surface area contributed by atoms with Crippen LogP contribution in [0.15, 0.2) is 69.9 Å². The van der Waals surface area contributed by atoms with Gasteiger partial charge in [0.2, 0.25) is 0 Å². The van der Waals surface area contributed by atoms with Gasteiger partial charge in [-0.15, -0.1) is 29.3 Å². The molecule has 128 valence electrons. The summed E-state index contributed by atoms with van der Waals surface area (Å²) in [4.78, 5) is 8.76. The van der Waals surface area contributed by atoms with Gasteiger partial charge in [0.15, 0.2) is 8.68 Å². The van der Waals surface area contributed by atoms with Gasteiger partial charge in [0.1, 0.15) is 0 Å². The maximum Gasteiger partial charge on any atom is 0.166 e. The molecule has 0 aliphatic rings. The Balaban J connectivity index is 0.000000150. The molecule has 4 aromatic rings. The molecule has 2 heterocycles. The first-order valence-electron chi connectivity index (χ1n) is 7.38. The van der Waals surface area contributed by atoms with Crippen LogP contribution in [0.25, 0.3) is 20.4 Å². The van der Waals surface area contributed by atoms with Crippen LogP contribution >= 0.6 is 46.6 Å². The highest BCUT2D eigenvalue weighted by Gasteiger charge is 2.02. The molecule has 8 heteroatoms. The lowest BCUT2D eigenvalue weighted by atomic mass is 10.3. The predicted molar refractivity (Wildman–Crippen MR) is 113 cm³/mol. The maximum absolute atomic E-state index is 5.38. The van der Waals surface area contributed by atoms with Crippen LogP contribution in [0.1, 0.15) is 0 Å². The van der Waals surface area contributed by atoms with Crippen LogP contribution in [-0.4, -0.2) is 16.5 Å². The molecule has 2 aromatic carbocycles. The number of fused-ring (bicyclic) bond motifs is 2. The van der Waals surface area contributed by atoms with E-state index in [1.54, 1.807) is 34.6 Å². The molecule has 25 heavy (non-hydrogen) atoms. The van der Waals surface area contributed by atoms with Crippen LogP contribution in [0.2, 0.25) is 0 Å². The van der Waals surface area contributed by atoms with Gasteiger partial charge in [-0.1, -0.05) is 30.3 Å². The Morgan fingerprint density at radius 3 is 2.08 bits per heavy atom. The molecule has 4 rings (SSSR count). The van der Waals surface area contributed by atoms with Crippen molar-refractivity contribution >= 4 is 67.0 Å². The minimum atomic E-state index is 0.792. The van der Waals surface area contributed by atoms with Crippen LogP contribution in [0.5, 0.6) is 0 Å². The van der Waals surface area contributed by atoms with Gasteiger partial charge in [-0.05, 0) is 48.2 Å². The highest BCUT2D eigenvalue weighted by molar-refractivity contribution is 7.99. The highest BCUT2D eigenvalue weighted by atomic mass is 32.2. The van der Waals surface area contributed by atoms with Crippen LogP contribution < -0.4 is 9.86 Å². The molecular weight excluding hydrogens is 388 g/mol. The molecule has 0 spiro atoms. The predicted octanol–water partition coefficient (Wildman–Crippen LogP) is 5.34. The number of nitrogens with zero attached hydrogens (tertiary/aromatic N) is 2. The van der Waals surface area contributed by atoms with E-state index in [2.05, 4.69) is 27.3 Å². The Morgan fingerprint density at radius 1 is 0.960 bits per heavy atom. The van der Waals surface area contributed by atoms with Gasteiger partial charge in [-0.3, -0.25) is 9.86 Å². The van der Waals surface area contributed by atoms with Gasteiger partial charge in [0.25, 0.3) is 0 Å². The van der Waals surface area contributed by atoms with Crippen molar-refractivity contribution < 1.29 is 0 Å². The Bertz CT molecular complexity index is 897. The lowest BCUT2D eigenvalue weighted by molar-refractivity contribution is 1.12. The second kappa shape index (κ2) is 9.33. The number of benzene rings is 2. The van der Waals surface area contributed by atoms with Crippen LogP contribution in [0.4, 0.5) is 0 Å². The fourth-order valence-corrected chi connectivity index (χ4v) is 5.05.